The predicted octanol–water partition coefficient (Wildman–Crippen LogP) is 4.51. The van der Waals surface area contributed by atoms with Gasteiger partial charge in [-0.3, -0.25) is 9.59 Å². The van der Waals surface area contributed by atoms with E-state index in [0.29, 0.717) is 6.42 Å². The normalized spacial score (nSPS) is 22.2. The summed E-state index contributed by atoms with van der Waals surface area (Å²) in [5, 5.41) is 0.921. The summed E-state index contributed by atoms with van der Waals surface area (Å²) in [6.45, 7) is 8.61. The zero-order valence-electron chi connectivity index (χ0n) is 16.6. The number of anilines is 1. The van der Waals surface area contributed by atoms with E-state index in [1.165, 1.54) is 0 Å². The number of carbonyl (C=O) groups is 2. The van der Waals surface area contributed by atoms with Gasteiger partial charge in [-0.05, 0) is 41.3 Å². The van der Waals surface area contributed by atoms with Crippen LogP contribution in [0.3, 0.4) is 0 Å². The number of carbonyl (C=O) groups excluding carboxylic acids is 2. The third kappa shape index (κ3) is 2.39. The lowest BCUT2D eigenvalue weighted by molar-refractivity contribution is -0.130. The van der Waals surface area contributed by atoms with E-state index in [1.807, 2.05) is 43.3 Å². The molecule has 2 aliphatic rings. The van der Waals surface area contributed by atoms with E-state index < -0.39 is 13.5 Å². The number of amides is 1. The number of nitrogens with zero attached hydrogens (tertiary/aromatic N) is 1. The first-order chi connectivity index (χ1) is 12.7. The Labute approximate surface area is 161 Å². The zero-order valence-corrected chi connectivity index (χ0v) is 17.6. The van der Waals surface area contributed by atoms with Gasteiger partial charge in [0.25, 0.3) is 0 Å². The smallest absolute Gasteiger partial charge is 0.245 e. The first-order valence-electron chi connectivity index (χ1n) is 9.41. The second-order valence-electron chi connectivity index (χ2n) is 8.77. The minimum absolute atomic E-state index is 0.0294. The first kappa shape index (κ1) is 17.9. The predicted molar refractivity (Wildman–Crippen MR) is 113 cm³/mol. The lowest BCUT2D eigenvalue weighted by Crippen LogP contribution is -2.45. The Bertz CT molecular complexity index is 1000. The van der Waals surface area contributed by atoms with E-state index >= 15 is 0 Å². The molecule has 1 aliphatic heterocycles. The van der Waals surface area contributed by atoms with Gasteiger partial charge in [-0.15, -0.1) is 0 Å². The maximum absolute atomic E-state index is 13.9. The van der Waals surface area contributed by atoms with Crippen molar-refractivity contribution in [1.29, 1.82) is 0 Å². The van der Waals surface area contributed by atoms with Gasteiger partial charge in [-0.25, -0.2) is 0 Å². The molecule has 1 spiro atoms. The van der Waals surface area contributed by atoms with Gasteiger partial charge >= 0.3 is 0 Å². The van der Waals surface area contributed by atoms with E-state index in [2.05, 4.69) is 31.8 Å². The second-order valence-corrected chi connectivity index (χ2v) is 13.8. The van der Waals surface area contributed by atoms with Crippen molar-refractivity contribution in [1.82, 2.24) is 0 Å². The number of aryl methyl sites for hydroxylation is 1. The molecule has 0 bridgehead atoms. The molecule has 2 aromatic carbocycles. The molecule has 4 rings (SSSR count). The standard InChI is InChI=1S/C23H25NO2Si/c1-15-11-12-19-18(13-15)23(22(26)24(19)2)14-17(16-9-7-6-8-10-16)20(21(23)25)27(3,4)5/h6-13H,14H2,1-5H3/t23-/m1/s1. The van der Waals surface area contributed by atoms with E-state index in [4.69, 9.17) is 0 Å². The second kappa shape index (κ2) is 5.77. The van der Waals surface area contributed by atoms with Crippen molar-refractivity contribution >= 4 is 31.0 Å². The summed E-state index contributed by atoms with van der Waals surface area (Å²) in [5.41, 5.74) is 3.86. The average molecular weight is 376 g/mol. The summed E-state index contributed by atoms with van der Waals surface area (Å²) in [4.78, 5) is 29.0. The number of benzene rings is 2. The van der Waals surface area contributed by atoms with Crippen molar-refractivity contribution < 1.29 is 9.59 Å². The van der Waals surface area contributed by atoms with Crippen LogP contribution < -0.4 is 4.90 Å². The molecule has 0 fully saturated rings. The molecule has 1 aliphatic carbocycles. The van der Waals surface area contributed by atoms with Crippen LogP contribution in [0.1, 0.15) is 23.1 Å². The molecule has 0 saturated heterocycles. The Hall–Kier alpha value is -2.46. The number of fused-ring (bicyclic) bond motifs is 2. The number of hydrogen-bond donors (Lipinski definition) is 0. The van der Waals surface area contributed by atoms with Crippen LogP contribution in [0.5, 0.6) is 0 Å². The van der Waals surface area contributed by atoms with Gasteiger partial charge in [0.15, 0.2) is 5.78 Å². The van der Waals surface area contributed by atoms with Crippen LogP contribution >= 0.6 is 0 Å². The fourth-order valence-electron chi connectivity index (χ4n) is 4.65. The molecule has 3 nitrogen and oxygen atoms in total. The van der Waals surface area contributed by atoms with Crippen molar-refractivity contribution in [3.63, 3.8) is 0 Å². The van der Waals surface area contributed by atoms with Gasteiger partial charge in [0.2, 0.25) is 5.91 Å². The number of hydrogen-bond acceptors (Lipinski definition) is 2. The molecule has 27 heavy (non-hydrogen) atoms. The fourth-order valence-corrected chi connectivity index (χ4v) is 6.68. The summed E-state index contributed by atoms with van der Waals surface area (Å²) in [6, 6.07) is 16.1. The molecule has 1 amide bonds. The van der Waals surface area contributed by atoms with Crippen LogP contribution in [0, 0.1) is 6.92 Å². The summed E-state index contributed by atoms with van der Waals surface area (Å²) in [5.74, 6) is -0.0588. The lowest BCUT2D eigenvalue weighted by atomic mass is 9.77. The monoisotopic (exact) mass is 375 g/mol. The topological polar surface area (TPSA) is 37.4 Å². The van der Waals surface area contributed by atoms with Crippen molar-refractivity contribution in [2.24, 2.45) is 0 Å². The fraction of sp³-hybridized carbons (Fsp3) is 0.304. The number of allylic oxidation sites excluding steroid dienone is 2. The number of likely N-dealkylation sites (N-methyl/N-ethyl adjacent to an activating group) is 1. The number of Topliss-reactive ketones (excluding diaryl/α,β-unsaturated/α-hetero) is 1. The van der Waals surface area contributed by atoms with Gasteiger partial charge in [0, 0.05) is 12.7 Å². The van der Waals surface area contributed by atoms with Crippen LogP contribution in [0.25, 0.3) is 5.57 Å². The molecule has 0 unspecified atom stereocenters. The maximum Gasteiger partial charge on any atom is 0.245 e. The highest BCUT2D eigenvalue weighted by Gasteiger charge is 2.61. The highest BCUT2D eigenvalue weighted by atomic mass is 28.3. The molecule has 0 N–H and O–H groups in total. The molecule has 0 aromatic heterocycles. The Kier molecular flexibility index (Phi) is 3.83. The average Bonchev–Trinajstić information content (AvgIpc) is 3.05. The molecule has 138 valence electrons. The van der Waals surface area contributed by atoms with Gasteiger partial charge in [0.05, 0.1) is 8.07 Å². The van der Waals surface area contributed by atoms with Crippen molar-refractivity contribution in [3.8, 4) is 0 Å². The number of ketones is 1. The number of rotatable bonds is 2. The van der Waals surface area contributed by atoms with E-state index in [9.17, 15) is 9.59 Å². The molecule has 4 heteroatoms. The van der Waals surface area contributed by atoms with Crippen LogP contribution in [-0.2, 0) is 15.0 Å². The van der Waals surface area contributed by atoms with Crippen LogP contribution in [0.15, 0.2) is 53.7 Å². The van der Waals surface area contributed by atoms with Gasteiger partial charge in [-0.2, -0.15) is 0 Å². The Morgan fingerprint density at radius 3 is 2.30 bits per heavy atom. The van der Waals surface area contributed by atoms with Crippen molar-refractivity contribution in [3.05, 3.63) is 70.4 Å². The summed E-state index contributed by atoms with van der Waals surface area (Å²) >= 11 is 0. The van der Waals surface area contributed by atoms with Crippen LogP contribution in [0.2, 0.25) is 19.6 Å². The third-order valence-corrected chi connectivity index (χ3v) is 7.90. The van der Waals surface area contributed by atoms with Crippen LogP contribution in [-0.4, -0.2) is 26.8 Å². The highest BCUT2D eigenvalue weighted by Crippen LogP contribution is 2.54. The molecular weight excluding hydrogens is 350 g/mol. The van der Waals surface area contributed by atoms with Gasteiger partial charge < -0.3 is 4.90 Å². The Balaban J connectivity index is 1.98. The molecule has 2 aromatic rings. The van der Waals surface area contributed by atoms with Crippen molar-refractivity contribution in [2.75, 3.05) is 11.9 Å². The quantitative estimate of drug-likeness (QED) is 0.572. The summed E-state index contributed by atoms with van der Waals surface area (Å²) in [6.07, 6.45) is 0.467. The molecular formula is C23H25NO2Si. The van der Waals surface area contributed by atoms with Gasteiger partial charge in [0.1, 0.15) is 5.41 Å². The molecule has 1 heterocycles. The zero-order chi connectivity index (χ0) is 19.6. The SMILES string of the molecule is Cc1ccc2c(c1)[C@@]1(CC(c3ccccc3)=C([Si](C)(C)C)C1=O)C(=O)N2C. The summed E-state index contributed by atoms with van der Waals surface area (Å²) < 4.78 is 0. The molecule has 1 atom stereocenters. The highest BCUT2D eigenvalue weighted by molar-refractivity contribution is 6.89. The summed E-state index contributed by atoms with van der Waals surface area (Å²) in [7, 11) is -0.169. The Morgan fingerprint density at radius 2 is 1.67 bits per heavy atom. The van der Waals surface area contributed by atoms with E-state index in [0.717, 1.165) is 33.1 Å². The minimum Gasteiger partial charge on any atom is -0.314 e. The first-order valence-corrected chi connectivity index (χ1v) is 12.9. The lowest BCUT2D eigenvalue weighted by Gasteiger charge is -2.24. The van der Waals surface area contributed by atoms with E-state index in [-0.39, 0.29) is 11.7 Å². The maximum atomic E-state index is 13.9. The minimum atomic E-state index is -1.95. The van der Waals surface area contributed by atoms with Crippen LogP contribution in [0.4, 0.5) is 5.69 Å². The largest absolute Gasteiger partial charge is 0.314 e. The molecule has 0 radical (unpaired) electrons. The Morgan fingerprint density at radius 1 is 1.00 bits per heavy atom. The van der Waals surface area contributed by atoms with E-state index in [1.54, 1.807) is 11.9 Å². The van der Waals surface area contributed by atoms with Gasteiger partial charge in [-0.1, -0.05) is 67.7 Å². The molecule has 0 saturated carbocycles. The third-order valence-electron chi connectivity index (χ3n) is 5.87. The van der Waals surface area contributed by atoms with Crippen molar-refractivity contribution in [2.45, 2.75) is 38.4 Å².